The first kappa shape index (κ1) is 18.5. The summed E-state index contributed by atoms with van der Waals surface area (Å²) in [6, 6.07) is 5.10. The lowest BCUT2D eigenvalue weighted by molar-refractivity contribution is -0.140. The summed E-state index contributed by atoms with van der Waals surface area (Å²) >= 11 is 0.857. The number of carbonyl (C=O) groups is 3. The highest BCUT2D eigenvalue weighted by molar-refractivity contribution is 8.18. The van der Waals surface area contributed by atoms with Gasteiger partial charge in [-0.05, 0) is 55.3 Å². The third kappa shape index (κ3) is 4.46. The standard InChI is InChI=1S/C19H21NO5S/c1-2-24-15-10-12(11-16-17(21)20-19(23)26-16)8-9-14(15)25-18(22)13-6-4-3-5-7-13/h8-11,13H,2-7H2,1H3,(H,20,21,23). The topological polar surface area (TPSA) is 81.7 Å². The number of hydrogen-bond acceptors (Lipinski definition) is 6. The summed E-state index contributed by atoms with van der Waals surface area (Å²) < 4.78 is 11.2. The molecule has 1 heterocycles. The van der Waals surface area contributed by atoms with Crippen LogP contribution in [0.4, 0.5) is 4.79 Å². The Labute approximate surface area is 156 Å². The summed E-state index contributed by atoms with van der Waals surface area (Å²) in [6.45, 7) is 2.26. The molecule has 1 saturated carbocycles. The Morgan fingerprint density at radius 1 is 1.23 bits per heavy atom. The van der Waals surface area contributed by atoms with E-state index < -0.39 is 5.91 Å². The first-order valence-corrected chi connectivity index (χ1v) is 9.62. The average Bonchev–Trinajstić information content (AvgIpc) is 2.95. The molecule has 0 spiro atoms. The number of benzene rings is 1. The van der Waals surface area contributed by atoms with E-state index in [0.29, 0.717) is 28.6 Å². The SMILES string of the molecule is CCOc1cc(C=C2SC(=O)NC2=O)ccc1OC(=O)C1CCCCC1. The van der Waals surface area contributed by atoms with E-state index in [-0.39, 0.29) is 17.1 Å². The minimum absolute atomic E-state index is 0.0513. The van der Waals surface area contributed by atoms with E-state index in [2.05, 4.69) is 5.32 Å². The number of esters is 1. The monoisotopic (exact) mass is 375 g/mol. The van der Waals surface area contributed by atoms with Crippen LogP contribution in [0, 0.1) is 5.92 Å². The molecule has 1 aliphatic heterocycles. The molecule has 1 N–H and O–H groups in total. The van der Waals surface area contributed by atoms with Crippen molar-refractivity contribution in [3.63, 3.8) is 0 Å². The van der Waals surface area contributed by atoms with Crippen molar-refractivity contribution >= 4 is 35.0 Å². The Balaban J connectivity index is 1.78. The number of carbonyl (C=O) groups excluding carboxylic acids is 3. The third-order valence-electron chi connectivity index (χ3n) is 4.36. The summed E-state index contributed by atoms with van der Waals surface area (Å²) in [4.78, 5) is 35.6. The van der Waals surface area contributed by atoms with Gasteiger partial charge in [-0.25, -0.2) is 0 Å². The normalized spacial score (nSPS) is 19.5. The zero-order chi connectivity index (χ0) is 18.5. The second-order valence-corrected chi connectivity index (χ2v) is 7.26. The quantitative estimate of drug-likeness (QED) is 0.478. The summed E-state index contributed by atoms with van der Waals surface area (Å²) in [5.74, 6) is 0.147. The highest BCUT2D eigenvalue weighted by Crippen LogP contribution is 2.33. The Hall–Kier alpha value is -2.28. The largest absolute Gasteiger partial charge is 0.490 e. The molecular formula is C19H21NO5S. The van der Waals surface area contributed by atoms with Crippen LogP contribution in [-0.2, 0) is 9.59 Å². The fourth-order valence-corrected chi connectivity index (χ4v) is 3.75. The van der Waals surface area contributed by atoms with Crippen LogP contribution in [0.1, 0.15) is 44.6 Å². The van der Waals surface area contributed by atoms with Crippen molar-refractivity contribution in [1.29, 1.82) is 0 Å². The van der Waals surface area contributed by atoms with E-state index in [1.807, 2.05) is 6.92 Å². The third-order valence-corrected chi connectivity index (χ3v) is 5.17. The van der Waals surface area contributed by atoms with Crippen LogP contribution in [0.3, 0.4) is 0 Å². The van der Waals surface area contributed by atoms with Gasteiger partial charge < -0.3 is 9.47 Å². The molecule has 3 rings (SSSR count). The lowest BCUT2D eigenvalue weighted by Gasteiger charge is -2.20. The fraction of sp³-hybridized carbons (Fsp3) is 0.421. The van der Waals surface area contributed by atoms with E-state index in [4.69, 9.17) is 9.47 Å². The minimum atomic E-state index is -0.411. The second-order valence-electron chi connectivity index (χ2n) is 6.25. The zero-order valence-corrected chi connectivity index (χ0v) is 15.4. The summed E-state index contributed by atoms with van der Waals surface area (Å²) in [6.07, 6.45) is 6.64. The van der Waals surface area contributed by atoms with Gasteiger partial charge in [-0.3, -0.25) is 19.7 Å². The molecule has 1 aromatic rings. The van der Waals surface area contributed by atoms with E-state index in [1.54, 1.807) is 24.3 Å². The van der Waals surface area contributed by atoms with Crippen LogP contribution in [0.5, 0.6) is 11.5 Å². The molecule has 2 amide bonds. The number of rotatable bonds is 5. The Morgan fingerprint density at radius 2 is 2.00 bits per heavy atom. The van der Waals surface area contributed by atoms with Crippen molar-refractivity contribution in [2.45, 2.75) is 39.0 Å². The van der Waals surface area contributed by atoms with Gasteiger partial charge in [0.2, 0.25) is 0 Å². The van der Waals surface area contributed by atoms with Gasteiger partial charge in [0.05, 0.1) is 17.4 Å². The Bertz CT molecular complexity index is 752. The van der Waals surface area contributed by atoms with E-state index in [1.165, 1.54) is 6.42 Å². The maximum Gasteiger partial charge on any atom is 0.314 e. The molecule has 2 aliphatic rings. The molecule has 138 valence electrons. The van der Waals surface area contributed by atoms with Crippen LogP contribution >= 0.6 is 11.8 Å². The van der Waals surface area contributed by atoms with Gasteiger partial charge in [0.15, 0.2) is 11.5 Å². The number of nitrogens with one attached hydrogen (secondary N) is 1. The maximum absolute atomic E-state index is 12.4. The molecule has 1 aromatic carbocycles. The lowest BCUT2D eigenvalue weighted by atomic mass is 9.89. The number of imide groups is 1. The number of amides is 2. The summed E-state index contributed by atoms with van der Waals surface area (Å²) in [7, 11) is 0. The molecule has 7 heteroatoms. The van der Waals surface area contributed by atoms with Crippen molar-refractivity contribution in [2.24, 2.45) is 5.92 Å². The second kappa shape index (κ2) is 8.40. The van der Waals surface area contributed by atoms with Crippen LogP contribution in [0.25, 0.3) is 6.08 Å². The van der Waals surface area contributed by atoms with Gasteiger partial charge in [-0.15, -0.1) is 0 Å². The van der Waals surface area contributed by atoms with Crippen LogP contribution in [0.15, 0.2) is 23.1 Å². The molecule has 6 nitrogen and oxygen atoms in total. The highest BCUT2D eigenvalue weighted by atomic mass is 32.2. The molecule has 0 bridgehead atoms. The van der Waals surface area contributed by atoms with Crippen LogP contribution < -0.4 is 14.8 Å². The lowest BCUT2D eigenvalue weighted by Crippen LogP contribution is -2.23. The first-order valence-electron chi connectivity index (χ1n) is 8.80. The maximum atomic E-state index is 12.4. The van der Waals surface area contributed by atoms with Crippen LogP contribution in [0.2, 0.25) is 0 Å². The predicted octanol–water partition coefficient (Wildman–Crippen LogP) is 3.89. The first-order chi connectivity index (χ1) is 12.6. The Morgan fingerprint density at radius 3 is 2.65 bits per heavy atom. The predicted molar refractivity (Wildman–Crippen MR) is 98.9 cm³/mol. The Kier molecular flexibility index (Phi) is 5.98. The summed E-state index contributed by atoms with van der Waals surface area (Å²) in [5.41, 5.74) is 0.693. The van der Waals surface area contributed by atoms with Gasteiger partial charge in [0, 0.05) is 0 Å². The minimum Gasteiger partial charge on any atom is -0.490 e. The van der Waals surface area contributed by atoms with Crippen molar-refractivity contribution in [2.75, 3.05) is 6.61 Å². The van der Waals surface area contributed by atoms with E-state index >= 15 is 0 Å². The fourth-order valence-electron chi connectivity index (χ4n) is 3.07. The zero-order valence-electron chi connectivity index (χ0n) is 14.6. The van der Waals surface area contributed by atoms with Crippen molar-refractivity contribution in [3.05, 3.63) is 28.7 Å². The van der Waals surface area contributed by atoms with Gasteiger partial charge in [-0.1, -0.05) is 25.3 Å². The van der Waals surface area contributed by atoms with E-state index in [0.717, 1.165) is 37.4 Å². The van der Waals surface area contributed by atoms with Crippen LogP contribution in [-0.4, -0.2) is 23.7 Å². The molecule has 1 aliphatic carbocycles. The van der Waals surface area contributed by atoms with Gasteiger partial charge in [0.1, 0.15) is 0 Å². The molecular weight excluding hydrogens is 354 g/mol. The number of hydrogen-bond donors (Lipinski definition) is 1. The van der Waals surface area contributed by atoms with E-state index in [9.17, 15) is 14.4 Å². The molecule has 26 heavy (non-hydrogen) atoms. The van der Waals surface area contributed by atoms with Crippen molar-refractivity contribution < 1.29 is 23.9 Å². The molecule has 1 saturated heterocycles. The highest BCUT2D eigenvalue weighted by Gasteiger charge is 2.26. The molecule has 0 unspecified atom stereocenters. The van der Waals surface area contributed by atoms with Gasteiger partial charge in [-0.2, -0.15) is 0 Å². The smallest absolute Gasteiger partial charge is 0.314 e. The molecule has 0 atom stereocenters. The van der Waals surface area contributed by atoms with Gasteiger partial charge in [0.25, 0.3) is 11.1 Å². The van der Waals surface area contributed by atoms with Crippen molar-refractivity contribution in [1.82, 2.24) is 5.32 Å². The average molecular weight is 375 g/mol. The number of thioether (sulfide) groups is 1. The molecule has 2 fully saturated rings. The summed E-state index contributed by atoms with van der Waals surface area (Å²) in [5, 5.41) is 1.83. The van der Waals surface area contributed by atoms with Crippen molar-refractivity contribution in [3.8, 4) is 11.5 Å². The molecule has 0 aromatic heterocycles. The number of ether oxygens (including phenoxy) is 2. The molecule has 0 radical (unpaired) electrons. The van der Waals surface area contributed by atoms with Gasteiger partial charge >= 0.3 is 5.97 Å².